The third-order valence-corrected chi connectivity index (χ3v) is 2.34. The molecule has 0 heterocycles. The summed E-state index contributed by atoms with van der Waals surface area (Å²) in [5.74, 6) is -0.157. The highest BCUT2D eigenvalue weighted by Gasteiger charge is 2.13. The zero-order valence-corrected chi connectivity index (χ0v) is 9.16. The Morgan fingerprint density at radius 2 is 2.20 bits per heavy atom. The van der Waals surface area contributed by atoms with Gasteiger partial charge in [-0.3, -0.25) is 4.79 Å². The molecule has 0 radical (unpaired) electrons. The molecule has 0 aliphatic carbocycles. The van der Waals surface area contributed by atoms with E-state index in [2.05, 4.69) is 0 Å². The van der Waals surface area contributed by atoms with Crippen LogP contribution in [-0.2, 0) is 0 Å². The van der Waals surface area contributed by atoms with Crippen LogP contribution >= 0.6 is 11.6 Å². The van der Waals surface area contributed by atoms with Crippen LogP contribution in [0.2, 0.25) is 5.02 Å². The second kappa shape index (κ2) is 5.38. The van der Waals surface area contributed by atoms with Gasteiger partial charge in [-0.25, -0.2) is 0 Å². The maximum absolute atomic E-state index is 11.8. The number of halogens is 1. The minimum absolute atomic E-state index is 0.157. The van der Waals surface area contributed by atoms with Crippen molar-refractivity contribution in [2.24, 2.45) is 0 Å². The molecule has 0 spiro atoms. The van der Waals surface area contributed by atoms with Gasteiger partial charge in [0.05, 0.1) is 23.1 Å². The van der Waals surface area contributed by atoms with Gasteiger partial charge in [-0.15, -0.1) is 0 Å². The van der Waals surface area contributed by atoms with Gasteiger partial charge in [-0.1, -0.05) is 23.7 Å². The Kier molecular flexibility index (Phi) is 4.14. The summed E-state index contributed by atoms with van der Waals surface area (Å²) in [4.78, 5) is 13.3. The fourth-order valence-corrected chi connectivity index (χ4v) is 1.38. The maximum Gasteiger partial charge on any atom is 0.255 e. The molecule has 0 atom stereocenters. The van der Waals surface area contributed by atoms with Crippen LogP contribution in [0.25, 0.3) is 0 Å². The van der Waals surface area contributed by atoms with Gasteiger partial charge in [0.2, 0.25) is 0 Å². The smallest absolute Gasteiger partial charge is 0.255 e. The molecule has 0 bridgehead atoms. The van der Waals surface area contributed by atoms with Gasteiger partial charge in [-0.05, 0) is 12.1 Å². The standard InChI is InChI=1S/C11H11ClN2O/c1-14(8-4-7-13)11(15)9-5-2-3-6-10(9)12/h2-3,5-6H,4,8H2,1H3. The number of amides is 1. The first-order valence-corrected chi connectivity index (χ1v) is 4.91. The molecule has 1 aromatic rings. The topological polar surface area (TPSA) is 44.1 Å². The Labute approximate surface area is 93.9 Å². The van der Waals surface area contributed by atoms with Crippen molar-refractivity contribution in [1.82, 2.24) is 4.90 Å². The molecule has 1 aromatic carbocycles. The number of benzene rings is 1. The normalized spacial score (nSPS) is 9.40. The Balaban J connectivity index is 2.77. The molecule has 0 aliphatic heterocycles. The molecule has 1 amide bonds. The van der Waals surface area contributed by atoms with Gasteiger partial charge in [0, 0.05) is 13.6 Å². The van der Waals surface area contributed by atoms with Crippen LogP contribution in [0, 0.1) is 11.3 Å². The molecular weight excluding hydrogens is 212 g/mol. The average Bonchev–Trinajstić information content (AvgIpc) is 2.25. The summed E-state index contributed by atoms with van der Waals surface area (Å²) in [7, 11) is 1.66. The van der Waals surface area contributed by atoms with Crippen LogP contribution in [0.5, 0.6) is 0 Å². The lowest BCUT2D eigenvalue weighted by atomic mass is 10.2. The number of carbonyl (C=O) groups is 1. The van der Waals surface area contributed by atoms with Crippen molar-refractivity contribution in [2.75, 3.05) is 13.6 Å². The van der Waals surface area contributed by atoms with Crippen molar-refractivity contribution in [1.29, 1.82) is 5.26 Å². The van der Waals surface area contributed by atoms with Gasteiger partial charge < -0.3 is 4.90 Å². The molecule has 0 aromatic heterocycles. The number of nitriles is 1. The second-order valence-electron chi connectivity index (χ2n) is 3.11. The molecule has 0 aliphatic rings. The van der Waals surface area contributed by atoms with E-state index in [4.69, 9.17) is 16.9 Å². The molecule has 0 saturated carbocycles. The summed E-state index contributed by atoms with van der Waals surface area (Å²) in [6, 6.07) is 8.87. The minimum atomic E-state index is -0.157. The predicted molar refractivity (Wildman–Crippen MR) is 58.6 cm³/mol. The van der Waals surface area contributed by atoms with E-state index >= 15 is 0 Å². The van der Waals surface area contributed by atoms with Crippen LogP contribution in [0.15, 0.2) is 24.3 Å². The van der Waals surface area contributed by atoms with Gasteiger partial charge in [0.15, 0.2) is 0 Å². The maximum atomic E-state index is 11.8. The monoisotopic (exact) mass is 222 g/mol. The van der Waals surface area contributed by atoms with Crippen molar-refractivity contribution >= 4 is 17.5 Å². The van der Waals surface area contributed by atoms with Crippen molar-refractivity contribution in [3.8, 4) is 6.07 Å². The summed E-state index contributed by atoms with van der Waals surface area (Å²) in [5.41, 5.74) is 0.472. The summed E-state index contributed by atoms with van der Waals surface area (Å²) >= 11 is 5.88. The Morgan fingerprint density at radius 1 is 1.53 bits per heavy atom. The van der Waals surface area contributed by atoms with Crippen LogP contribution in [0.4, 0.5) is 0 Å². The van der Waals surface area contributed by atoms with E-state index in [1.54, 1.807) is 31.3 Å². The lowest BCUT2D eigenvalue weighted by molar-refractivity contribution is 0.0798. The molecule has 1 rings (SSSR count). The molecule has 4 heteroatoms. The fourth-order valence-electron chi connectivity index (χ4n) is 1.16. The summed E-state index contributed by atoms with van der Waals surface area (Å²) < 4.78 is 0. The van der Waals surface area contributed by atoms with Crippen molar-refractivity contribution in [3.63, 3.8) is 0 Å². The third-order valence-electron chi connectivity index (χ3n) is 2.01. The largest absolute Gasteiger partial charge is 0.341 e. The molecule has 0 saturated heterocycles. The van der Waals surface area contributed by atoms with E-state index in [-0.39, 0.29) is 5.91 Å². The lowest BCUT2D eigenvalue weighted by Gasteiger charge is -2.15. The van der Waals surface area contributed by atoms with E-state index in [9.17, 15) is 4.79 Å². The zero-order valence-electron chi connectivity index (χ0n) is 8.40. The van der Waals surface area contributed by atoms with E-state index < -0.39 is 0 Å². The third kappa shape index (κ3) is 2.97. The zero-order chi connectivity index (χ0) is 11.3. The first-order valence-electron chi connectivity index (χ1n) is 4.53. The highest BCUT2D eigenvalue weighted by molar-refractivity contribution is 6.33. The summed E-state index contributed by atoms with van der Waals surface area (Å²) in [6.45, 7) is 0.417. The van der Waals surface area contributed by atoms with Crippen molar-refractivity contribution in [3.05, 3.63) is 34.9 Å². The second-order valence-corrected chi connectivity index (χ2v) is 3.52. The molecule has 0 N–H and O–H groups in total. The average molecular weight is 223 g/mol. The van der Waals surface area contributed by atoms with E-state index in [0.717, 1.165) is 0 Å². The van der Waals surface area contributed by atoms with E-state index in [1.807, 2.05) is 6.07 Å². The van der Waals surface area contributed by atoms with Crippen LogP contribution < -0.4 is 0 Å². The fraction of sp³-hybridized carbons (Fsp3) is 0.273. The van der Waals surface area contributed by atoms with Crippen LogP contribution in [0.1, 0.15) is 16.8 Å². The number of rotatable bonds is 3. The SMILES string of the molecule is CN(CCC#N)C(=O)c1ccccc1Cl. The van der Waals surface area contributed by atoms with Crippen LogP contribution in [0.3, 0.4) is 0 Å². The van der Waals surface area contributed by atoms with Crippen molar-refractivity contribution in [2.45, 2.75) is 6.42 Å². The summed E-state index contributed by atoms with van der Waals surface area (Å²) in [6.07, 6.45) is 0.326. The number of hydrogen-bond donors (Lipinski definition) is 0. The van der Waals surface area contributed by atoms with Crippen molar-refractivity contribution < 1.29 is 4.79 Å². The molecule has 0 unspecified atom stereocenters. The minimum Gasteiger partial charge on any atom is -0.341 e. The first kappa shape index (κ1) is 11.5. The number of hydrogen-bond acceptors (Lipinski definition) is 2. The Hall–Kier alpha value is -1.53. The molecule has 78 valence electrons. The van der Waals surface area contributed by atoms with E-state index in [0.29, 0.717) is 23.6 Å². The molecular formula is C11H11ClN2O. The molecule has 15 heavy (non-hydrogen) atoms. The van der Waals surface area contributed by atoms with Gasteiger partial charge in [0.1, 0.15) is 0 Å². The van der Waals surface area contributed by atoms with Crippen LogP contribution in [-0.4, -0.2) is 24.4 Å². The molecule has 3 nitrogen and oxygen atoms in total. The first-order chi connectivity index (χ1) is 7.16. The van der Waals surface area contributed by atoms with Gasteiger partial charge >= 0.3 is 0 Å². The quantitative estimate of drug-likeness (QED) is 0.788. The molecule has 0 fully saturated rings. The highest BCUT2D eigenvalue weighted by Crippen LogP contribution is 2.16. The van der Waals surface area contributed by atoms with Gasteiger partial charge in [0.25, 0.3) is 5.91 Å². The number of carbonyl (C=O) groups excluding carboxylic acids is 1. The van der Waals surface area contributed by atoms with Gasteiger partial charge in [-0.2, -0.15) is 5.26 Å². The van der Waals surface area contributed by atoms with E-state index in [1.165, 1.54) is 4.90 Å². The Bertz CT molecular complexity index is 398. The predicted octanol–water partition coefficient (Wildman–Crippen LogP) is 2.33. The lowest BCUT2D eigenvalue weighted by Crippen LogP contribution is -2.27. The number of nitrogens with zero attached hydrogens (tertiary/aromatic N) is 2. The summed E-state index contributed by atoms with van der Waals surface area (Å²) in [5, 5.41) is 8.84. The Morgan fingerprint density at radius 3 is 2.80 bits per heavy atom. The highest BCUT2D eigenvalue weighted by atomic mass is 35.5.